The van der Waals surface area contributed by atoms with E-state index in [-0.39, 0.29) is 17.0 Å². The molecule has 5 aromatic heterocycles. The summed E-state index contributed by atoms with van der Waals surface area (Å²) in [4.78, 5) is 26.8. The van der Waals surface area contributed by atoms with Crippen LogP contribution in [0, 0.1) is 6.92 Å². The van der Waals surface area contributed by atoms with Gasteiger partial charge in [0.05, 0.1) is 34.0 Å². The number of hydrogen-bond acceptors (Lipinski definition) is 7. The number of aromatic nitrogens is 6. The van der Waals surface area contributed by atoms with Gasteiger partial charge in [0, 0.05) is 18.4 Å². The fraction of sp³-hybridized carbons (Fsp3) is 0.227. The molecule has 9 nitrogen and oxygen atoms in total. The van der Waals surface area contributed by atoms with E-state index in [0.29, 0.717) is 38.6 Å². The number of alkyl halides is 2. The molecule has 0 spiro atoms. The molecule has 0 aliphatic heterocycles. The zero-order valence-corrected chi connectivity index (χ0v) is 19.2. The summed E-state index contributed by atoms with van der Waals surface area (Å²) in [5, 5.41) is 8.01. The summed E-state index contributed by atoms with van der Waals surface area (Å²) in [6, 6.07) is 5.15. The molecule has 0 bridgehead atoms. The van der Waals surface area contributed by atoms with Gasteiger partial charge in [0.15, 0.2) is 22.4 Å². The SMILES string of the molecule is Cc1nc(NC(=O)c2cc(-c3ccco3)nc3c2cnn3C(C)C)sc1-c1nccn1C(F)F. The number of pyridine rings is 1. The number of anilines is 1. The number of carbonyl (C=O) groups is 1. The van der Waals surface area contributed by atoms with Gasteiger partial charge in [-0.2, -0.15) is 13.9 Å². The van der Waals surface area contributed by atoms with E-state index in [4.69, 9.17) is 4.42 Å². The van der Waals surface area contributed by atoms with Gasteiger partial charge in [0.1, 0.15) is 5.69 Å². The van der Waals surface area contributed by atoms with Gasteiger partial charge in [-0.15, -0.1) is 0 Å². The van der Waals surface area contributed by atoms with Crippen molar-refractivity contribution in [2.45, 2.75) is 33.4 Å². The third-order valence-electron chi connectivity index (χ3n) is 5.17. The maximum absolute atomic E-state index is 13.3. The lowest BCUT2D eigenvalue weighted by Crippen LogP contribution is -2.13. The largest absolute Gasteiger partial charge is 0.463 e. The van der Waals surface area contributed by atoms with Gasteiger partial charge < -0.3 is 4.42 Å². The van der Waals surface area contributed by atoms with Crippen LogP contribution in [0.1, 0.15) is 42.5 Å². The number of carbonyl (C=O) groups excluding carboxylic acids is 1. The molecule has 5 aromatic rings. The molecule has 0 radical (unpaired) electrons. The maximum atomic E-state index is 13.3. The first-order chi connectivity index (χ1) is 16.3. The molecule has 0 atom stereocenters. The quantitative estimate of drug-likeness (QED) is 0.340. The van der Waals surface area contributed by atoms with Crippen molar-refractivity contribution in [1.82, 2.24) is 29.3 Å². The Morgan fingerprint density at radius 2 is 2.09 bits per heavy atom. The van der Waals surface area contributed by atoms with Crippen LogP contribution >= 0.6 is 11.3 Å². The summed E-state index contributed by atoms with van der Waals surface area (Å²) < 4.78 is 34.6. The van der Waals surface area contributed by atoms with Crippen LogP contribution in [0.15, 0.2) is 47.5 Å². The molecule has 0 aliphatic carbocycles. The minimum Gasteiger partial charge on any atom is -0.463 e. The summed E-state index contributed by atoms with van der Waals surface area (Å²) >= 11 is 1.07. The van der Waals surface area contributed by atoms with E-state index >= 15 is 0 Å². The number of thiazole rings is 1. The highest BCUT2D eigenvalue weighted by Gasteiger charge is 2.22. The second kappa shape index (κ2) is 8.45. The fourth-order valence-corrected chi connectivity index (χ4v) is 4.56. The number of fused-ring (bicyclic) bond motifs is 1. The van der Waals surface area contributed by atoms with Crippen molar-refractivity contribution in [1.29, 1.82) is 0 Å². The highest BCUT2D eigenvalue weighted by Crippen LogP contribution is 2.34. The second-order valence-corrected chi connectivity index (χ2v) is 8.78. The molecule has 5 heterocycles. The number of imidazole rings is 1. The van der Waals surface area contributed by atoms with Gasteiger partial charge in [0.2, 0.25) is 0 Å². The van der Waals surface area contributed by atoms with Crippen LogP contribution in [0.4, 0.5) is 13.9 Å². The van der Waals surface area contributed by atoms with Gasteiger partial charge in [0.25, 0.3) is 5.91 Å². The van der Waals surface area contributed by atoms with Crippen LogP contribution in [-0.4, -0.2) is 35.2 Å². The van der Waals surface area contributed by atoms with Gasteiger partial charge in [-0.05, 0) is 39.0 Å². The standard InChI is InChI=1S/C22H19F2N7O2S/c1-11(2)31-18-14(10-26-31)13(9-15(28-18)16-5-4-8-33-16)20(32)29-22-27-12(3)17(34-22)19-25-6-7-30(19)21(23)24/h4-11,21H,1-3H3,(H,27,29,32). The van der Waals surface area contributed by atoms with E-state index in [2.05, 4.69) is 25.4 Å². The van der Waals surface area contributed by atoms with Crippen LogP contribution in [0.5, 0.6) is 0 Å². The Morgan fingerprint density at radius 3 is 2.79 bits per heavy atom. The molecule has 1 amide bonds. The monoisotopic (exact) mass is 483 g/mol. The number of halogens is 2. The molecule has 5 rings (SSSR count). The van der Waals surface area contributed by atoms with Crippen molar-refractivity contribution >= 4 is 33.4 Å². The van der Waals surface area contributed by atoms with Crippen molar-refractivity contribution < 1.29 is 18.0 Å². The van der Waals surface area contributed by atoms with Crippen molar-refractivity contribution in [2.24, 2.45) is 0 Å². The topological polar surface area (TPSA) is 104 Å². The first-order valence-electron chi connectivity index (χ1n) is 10.4. The van der Waals surface area contributed by atoms with E-state index in [1.807, 2.05) is 13.8 Å². The molecule has 0 aliphatic rings. The van der Waals surface area contributed by atoms with Crippen LogP contribution in [0.25, 0.3) is 33.2 Å². The predicted octanol–water partition coefficient (Wildman–Crippen LogP) is 5.55. The number of hydrogen-bond donors (Lipinski definition) is 1. The van der Waals surface area contributed by atoms with Crippen LogP contribution in [0.2, 0.25) is 0 Å². The third kappa shape index (κ3) is 3.75. The molecule has 174 valence electrons. The first kappa shape index (κ1) is 21.9. The normalized spacial score (nSPS) is 11.7. The average molecular weight is 484 g/mol. The summed E-state index contributed by atoms with van der Waals surface area (Å²) in [5.41, 5.74) is 1.85. The Bertz CT molecular complexity index is 1480. The lowest BCUT2D eigenvalue weighted by molar-refractivity contribution is 0.0720. The van der Waals surface area contributed by atoms with Gasteiger partial charge in [-0.1, -0.05) is 11.3 Å². The summed E-state index contributed by atoms with van der Waals surface area (Å²) in [5.74, 6) is 0.176. The number of amides is 1. The Balaban J connectivity index is 1.54. The van der Waals surface area contributed by atoms with Gasteiger partial charge >= 0.3 is 6.55 Å². The third-order valence-corrected chi connectivity index (χ3v) is 6.24. The minimum atomic E-state index is -2.74. The molecule has 0 saturated heterocycles. The fourth-order valence-electron chi connectivity index (χ4n) is 3.60. The highest BCUT2D eigenvalue weighted by atomic mass is 32.1. The molecule has 34 heavy (non-hydrogen) atoms. The van der Waals surface area contributed by atoms with Crippen molar-refractivity contribution in [3.05, 3.63) is 54.3 Å². The van der Waals surface area contributed by atoms with Crippen LogP contribution < -0.4 is 5.32 Å². The molecular formula is C22H19F2N7O2S. The molecule has 0 unspecified atom stereocenters. The number of aryl methyl sites for hydroxylation is 1. The second-order valence-electron chi connectivity index (χ2n) is 7.78. The van der Waals surface area contributed by atoms with Gasteiger partial charge in [-0.25, -0.2) is 19.6 Å². The molecule has 0 aromatic carbocycles. The van der Waals surface area contributed by atoms with Crippen LogP contribution in [-0.2, 0) is 0 Å². The van der Waals surface area contributed by atoms with E-state index in [0.717, 1.165) is 15.9 Å². The number of furan rings is 1. The zero-order chi connectivity index (χ0) is 24.0. The molecule has 1 N–H and O–H groups in total. The lowest BCUT2D eigenvalue weighted by atomic mass is 10.1. The Morgan fingerprint density at radius 1 is 1.26 bits per heavy atom. The smallest absolute Gasteiger partial charge is 0.320 e. The van der Waals surface area contributed by atoms with Crippen molar-refractivity contribution in [3.8, 4) is 22.2 Å². The molecule has 0 fully saturated rings. The van der Waals surface area contributed by atoms with Crippen LogP contribution in [0.3, 0.4) is 0 Å². The summed E-state index contributed by atoms with van der Waals surface area (Å²) in [7, 11) is 0. The summed E-state index contributed by atoms with van der Waals surface area (Å²) in [6.45, 7) is 2.88. The first-order valence-corrected chi connectivity index (χ1v) is 11.2. The van der Waals surface area contributed by atoms with Gasteiger partial charge in [-0.3, -0.25) is 14.7 Å². The van der Waals surface area contributed by atoms with Crippen molar-refractivity contribution in [2.75, 3.05) is 5.32 Å². The number of rotatable bonds is 6. The molecule has 0 saturated carbocycles. The van der Waals surface area contributed by atoms with E-state index < -0.39 is 12.5 Å². The van der Waals surface area contributed by atoms with E-state index in [1.54, 1.807) is 36.0 Å². The Labute approximate surface area is 196 Å². The highest BCUT2D eigenvalue weighted by molar-refractivity contribution is 7.19. The molecular weight excluding hydrogens is 464 g/mol. The maximum Gasteiger partial charge on any atom is 0.320 e. The Kier molecular flexibility index (Phi) is 5.44. The van der Waals surface area contributed by atoms with Crippen molar-refractivity contribution in [3.63, 3.8) is 0 Å². The zero-order valence-electron chi connectivity index (χ0n) is 18.4. The minimum absolute atomic E-state index is 0.0236. The average Bonchev–Trinajstić information content (AvgIpc) is 3.57. The Hall–Kier alpha value is -3.93. The summed E-state index contributed by atoms with van der Waals surface area (Å²) in [6.07, 6.45) is 5.63. The number of nitrogens with one attached hydrogen (secondary N) is 1. The number of nitrogens with zero attached hydrogens (tertiary/aromatic N) is 6. The predicted molar refractivity (Wildman–Crippen MR) is 123 cm³/mol. The molecule has 12 heteroatoms. The van der Waals surface area contributed by atoms with E-state index in [9.17, 15) is 13.6 Å². The lowest BCUT2D eigenvalue weighted by Gasteiger charge is -2.09. The van der Waals surface area contributed by atoms with E-state index in [1.165, 1.54) is 18.7 Å².